The number of halogens is 2. The third kappa shape index (κ3) is 5.21. The average Bonchev–Trinajstić information content (AvgIpc) is 2.53. The van der Waals surface area contributed by atoms with E-state index in [1.807, 2.05) is 31.2 Å². The third-order valence-electron chi connectivity index (χ3n) is 3.26. The molecule has 0 fully saturated rings. The number of rotatable bonds is 6. The lowest BCUT2D eigenvalue weighted by Gasteiger charge is -2.08. The normalized spacial score (nSPS) is 11.0. The Bertz CT molecular complexity index is 699. The topological polar surface area (TPSA) is 38.3 Å². The molecule has 1 amide bonds. The van der Waals surface area contributed by atoms with Crippen LogP contribution in [0.5, 0.6) is 5.75 Å². The van der Waals surface area contributed by atoms with Crippen LogP contribution in [-0.4, -0.2) is 12.5 Å². The molecule has 3 nitrogen and oxygen atoms in total. The fraction of sp³-hybridized carbons (Fsp3) is 0.167. The van der Waals surface area contributed by atoms with Gasteiger partial charge in [-0.1, -0.05) is 42.5 Å². The van der Waals surface area contributed by atoms with Crippen LogP contribution in [-0.2, 0) is 11.3 Å². The van der Waals surface area contributed by atoms with Gasteiger partial charge in [-0.25, -0.2) is 0 Å². The van der Waals surface area contributed by atoms with E-state index in [4.69, 9.17) is 0 Å². The zero-order valence-corrected chi connectivity index (χ0v) is 12.6. The smallest absolute Gasteiger partial charge is 0.387 e. The Labute approximate surface area is 133 Å². The van der Waals surface area contributed by atoms with Crippen LogP contribution in [0.1, 0.15) is 16.7 Å². The monoisotopic (exact) mass is 317 g/mol. The predicted octanol–water partition coefficient (Wildman–Crippen LogP) is 3.93. The molecule has 0 bridgehead atoms. The molecule has 0 spiro atoms. The molecule has 0 heterocycles. The van der Waals surface area contributed by atoms with Crippen molar-refractivity contribution < 1.29 is 18.3 Å². The molecule has 0 aromatic heterocycles. The summed E-state index contributed by atoms with van der Waals surface area (Å²) in [5, 5.41) is 2.76. The van der Waals surface area contributed by atoms with E-state index in [9.17, 15) is 13.6 Å². The van der Waals surface area contributed by atoms with Gasteiger partial charge >= 0.3 is 6.61 Å². The Hall–Kier alpha value is -2.69. The van der Waals surface area contributed by atoms with Gasteiger partial charge in [0, 0.05) is 18.2 Å². The Kier molecular flexibility index (Phi) is 5.86. The van der Waals surface area contributed by atoms with Gasteiger partial charge in [0.15, 0.2) is 0 Å². The van der Waals surface area contributed by atoms with Gasteiger partial charge in [-0.05, 0) is 30.2 Å². The fourth-order valence-electron chi connectivity index (χ4n) is 2.04. The number of carbonyl (C=O) groups excluding carboxylic acids is 1. The molecule has 23 heavy (non-hydrogen) atoms. The Balaban J connectivity index is 1.98. The van der Waals surface area contributed by atoms with Crippen molar-refractivity contribution in [3.63, 3.8) is 0 Å². The Morgan fingerprint density at radius 2 is 1.87 bits per heavy atom. The van der Waals surface area contributed by atoms with Crippen molar-refractivity contribution in [2.24, 2.45) is 0 Å². The molecule has 0 radical (unpaired) electrons. The summed E-state index contributed by atoms with van der Waals surface area (Å²) in [6.07, 6.45) is 2.75. The lowest BCUT2D eigenvalue weighted by atomic mass is 10.1. The largest absolute Gasteiger partial charge is 0.434 e. The standard InChI is InChI=1S/C18H17F2NO2/c1-13-6-2-3-8-15(13)12-21-17(22)11-10-14-7-4-5-9-16(14)23-18(19)20/h2-11,18H,12H2,1H3,(H,21,22)/b11-10+. The first-order valence-electron chi connectivity index (χ1n) is 7.10. The summed E-state index contributed by atoms with van der Waals surface area (Å²) in [6, 6.07) is 14.0. The van der Waals surface area contributed by atoms with E-state index in [1.165, 1.54) is 18.2 Å². The van der Waals surface area contributed by atoms with Crippen LogP contribution in [0.25, 0.3) is 6.08 Å². The van der Waals surface area contributed by atoms with Crippen LogP contribution in [0.15, 0.2) is 54.6 Å². The lowest BCUT2D eigenvalue weighted by molar-refractivity contribution is -0.116. The second kappa shape index (κ2) is 8.08. The van der Waals surface area contributed by atoms with E-state index in [1.54, 1.807) is 18.2 Å². The molecular formula is C18H17F2NO2. The molecule has 0 saturated heterocycles. The highest BCUT2D eigenvalue weighted by molar-refractivity contribution is 5.92. The molecular weight excluding hydrogens is 300 g/mol. The second-order valence-electron chi connectivity index (χ2n) is 4.89. The summed E-state index contributed by atoms with van der Waals surface area (Å²) in [6.45, 7) is -0.528. The zero-order valence-electron chi connectivity index (χ0n) is 12.6. The third-order valence-corrected chi connectivity index (χ3v) is 3.26. The van der Waals surface area contributed by atoms with Crippen molar-refractivity contribution >= 4 is 12.0 Å². The number of alkyl halides is 2. The Morgan fingerprint density at radius 1 is 1.17 bits per heavy atom. The number of aryl methyl sites for hydroxylation is 1. The number of para-hydroxylation sites is 1. The lowest BCUT2D eigenvalue weighted by Crippen LogP contribution is -2.20. The van der Waals surface area contributed by atoms with Crippen molar-refractivity contribution in [1.82, 2.24) is 5.32 Å². The molecule has 120 valence electrons. The molecule has 0 aliphatic rings. The van der Waals surface area contributed by atoms with Gasteiger partial charge in [0.25, 0.3) is 0 Å². The number of hydrogen-bond donors (Lipinski definition) is 1. The maximum atomic E-state index is 12.3. The first kappa shape index (κ1) is 16.7. The molecule has 0 atom stereocenters. The van der Waals surface area contributed by atoms with Crippen LogP contribution < -0.4 is 10.1 Å². The first-order chi connectivity index (χ1) is 11.1. The van der Waals surface area contributed by atoms with Crippen molar-refractivity contribution in [2.75, 3.05) is 0 Å². The van der Waals surface area contributed by atoms with Crippen molar-refractivity contribution in [3.05, 3.63) is 71.3 Å². The van der Waals surface area contributed by atoms with E-state index in [2.05, 4.69) is 10.1 Å². The van der Waals surface area contributed by atoms with E-state index in [0.29, 0.717) is 12.1 Å². The summed E-state index contributed by atoms with van der Waals surface area (Å²) in [5.41, 5.74) is 2.53. The maximum Gasteiger partial charge on any atom is 0.387 e. The average molecular weight is 317 g/mol. The molecule has 2 aromatic carbocycles. The summed E-state index contributed by atoms with van der Waals surface area (Å²) in [4.78, 5) is 11.8. The minimum atomic E-state index is -2.90. The van der Waals surface area contributed by atoms with Gasteiger partial charge in [0.2, 0.25) is 5.91 Å². The highest BCUT2D eigenvalue weighted by Crippen LogP contribution is 2.21. The molecule has 0 aliphatic carbocycles. The summed E-state index contributed by atoms with van der Waals surface area (Å²) in [5.74, 6) is -0.273. The van der Waals surface area contributed by atoms with Gasteiger partial charge in [0.1, 0.15) is 5.75 Å². The number of carbonyl (C=O) groups is 1. The molecule has 5 heteroatoms. The van der Waals surface area contributed by atoms with Gasteiger partial charge in [-0.2, -0.15) is 8.78 Å². The molecule has 0 aliphatic heterocycles. The van der Waals surface area contributed by atoms with Gasteiger partial charge in [-0.15, -0.1) is 0 Å². The first-order valence-corrected chi connectivity index (χ1v) is 7.10. The molecule has 0 unspecified atom stereocenters. The molecule has 2 aromatic rings. The van der Waals surface area contributed by atoms with Crippen LogP contribution in [0, 0.1) is 6.92 Å². The summed E-state index contributed by atoms with van der Waals surface area (Å²) < 4.78 is 29.0. The summed E-state index contributed by atoms with van der Waals surface area (Å²) in [7, 11) is 0. The summed E-state index contributed by atoms with van der Waals surface area (Å²) >= 11 is 0. The minimum absolute atomic E-state index is 0.0328. The Morgan fingerprint density at radius 3 is 2.61 bits per heavy atom. The number of benzene rings is 2. The molecule has 0 saturated carbocycles. The van der Waals surface area contributed by atoms with E-state index in [-0.39, 0.29) is 11.7 Å². The predicted molar refractivity (Wildman–Crippen MR) is 85.1 cm³/mol. The van der Waals surface area contributed by atoms with Gasteiger partial charge in [-0.3, -0.25) is 4.79 Å². The van der Waals surface area contributed by atoms with Crippen LogP contribution in [0.4, 0.5) is 8.78 Å². The number of nitrogens with one attached hydrogen (secondary N) is 1. The highest BCUT2D eigenvalue weighted by atomic mass is 19.3. The second-order valence-corrected chi connectivity index (χ2v) is 4.89. The molecule has 1 N–H and O–H groups in total. The van der Waals surface area contributed by atoms with E-state index >= 15 is 0 Å². The van der Waals surface area contributed by atoms with Gasteiger partial charge in [0.05, 0.1) is 0 Å². The maximum absolute atomic E-state index is 12.3. The molecule has 2 rings (SSSR count). The fourth-order valence-corrected chi connectivity index (χ4v) is 2.04. The minimum Gasteiger partial charge on any atom is -0.434 e. The number of hydrogen-bond acceptors (Lipinski definition) is 2. The number of ether oxygens (including phenoxy) is 1. The van der Waals surface area contributed by atoms with Crippen LogP contribution in [0.2, 0.25) is 0 Å². The SMILES string of the molecule is Cc1ccccc1CNC(=O)/C=C/c1ccccc1OC(F)F. The van der Waals surface area contributed by atoms with Gasteiger partial charge < -0.3 is 10.1 Å². The van der Waals surface area contributed by atoms with Crippen LogP contribution >= 0.6 is 0 Å². The van der Waals surface area contributed by atoms with Crippen molar-refractivity contribution in [3.8, 4) is 5.75 Å². The zero-order chi connectivity index (χ0) is 16.7. The van der Waals surface area contributed by atoms with Crippen molar-refractivity contribution in [1.29, 1.82) is 0 Å². The van der Waals surface area contributed by atoms with E-state index < -0.39 is 6.61 Å². The highest BCUT2D eigenvalue weighted by Gasteiger charge is 2.07. The van der Waals surface area contributed by atoms with Crippen molar-refractivity contribution in [2.45, 2.75) is 20.1 Å². The quantitative estimate of drug-likeness (QED) is 0.820. The van der Waals surface area contributed by atoms with Crippen LogP contribution in [0.3, 0.4) is 0 Å². The number of amides is 1. The van der Waals surface area contributed by atoms with E-state index in [0.717, 1.165) is 11.1 Å².